The Morgan fingerprint density at radius 1 is 1.73 bits per heavy atom. The second kappa shape index (κ2) is 5.11. The minimum Gasteiger partial charge on any atom is -0.481 e. The van der Waals surface area contributed by atoms with Gasteiger partial charge in [0.05, 0.1) is 5.92 Å². The van der Waals surface area contributed by atoms with Crippen LogP contribution in [0, 0.1) is 5.92 Å². The molecule has 1 amide bonds. The van der Waals surface area contributed by atoms with E-state index in [1.165, 1.54) is 0 Å². The molecule has 0 radical (unpaired) electrons. The molecule has 2 N–H and O–H groups in total. The van der Waals surface area contributed by atoms with Crippen molar-refractivity contribution in [1.82, 2.24) is 10.2 Å². The fourth-order valence-electron chi connectivity index (χ4n) is 1.81. The van der Waals surface area contributed by atoms with Crippen LogP contribution in [0.5, 0.6) is 0 Å². The van der Waals surface area contributed by atoms with Crippen LogP contribution in [0.2, 0.25) is 0 Å². The molecular formula is C10H18N2O3. The summed E-state index contributed by atoms with van der Waals surface area (Å²) in [6, 6.07) is 0.184. The number of carbonyl (C=O) groups excluding carboxylic acids is 1. The third kappa shape index (κ3) is 3.87. The van der Waals surface area contributed by atoms with Crippen LogP contribution in [0.3, 0.4) is 0 Å². The van der Waals surface area contributed by atoms with Crippen molar-refractivity contribution in [2.45, 2.75) is 25.8 Å². The van der Waals surface area contributed by atoms with E-state index in [0.29, 0.717) is 13.0 Å². The number of hydrogen-bond donors (Lipinski definition) is 2. The van der Waals surface area contributed by atoms with Gasteiger partial charge in [-0.3, -0.25) is 9.59 Å². The summed E-state index contributed by atoms with van der Waals surface area (Å²) in [7, 11) is 1.88. The van der Waals surface area contributed by atoms with E-state index in [4.69, 9.17) is 5.11 Å². The molecule has 0 spiro atoms. The Morgan fingerprint density at radius 2 is 2.40 bits per heavy atom. The number of aliphatic carboxylic acids is 1. The first-order valence-electron chi connectivity index (χ1n) is 5.19. The molecule has 1 saturated heterocycles. The number of nitrogens with zero attached hydrogens (tertiary/aromatic N) is 1. The zero-order valence-corrected chi connectivity index (χ0v) is 9.19. The zero-order valence-electron chi connectivity index (χ0n) is 9.19. The van der Waals surface area contributed by atoms with Crippen LogP contribution < -0.4 is 5.32 Å². The fraction of sp³-hybridized carbons (Fsp3) is 0.800. The minimum absolute atomic E-state index is 0.0969. The van der Waals surface area contributed by atoms with Gasteiger partial charge in [-0.25, -0.2) is 0 Å². The number of likely N-dealkylation sites (N-methyl/N-ethyl adjacent to an activating group) is 1. The molecule has 1 aliphatic rings. The third-order valence-electron chi connectivity index (χ3n) is 2.62. The first-order chi connectivity index (χ1) is 6.99. The Labute approximate surface area is 89.4 Å². The number of rotatable bonds is 5. The topological polar surface area (TPSA) is 69.6 Å². The molecule has 0 saturated carbocycles. The average Bonchev–Trinajstić information content (AvgIpc) is 2.50. The molecule has 0 aliphatic carbocycles. The summed E-state index contributed by atoms with van der Waals surface area (Å²) >= 11 is 0. The maximum absolute atomic E-state index is 10.9. The van der Waals surface area contributed by atoms with Crippen LogP contribution in [0.1, 0.15) is 19.8 Å². The first-order valence-corrected chi connectivity index (χ1v) is 5.19. The Balaban J connectivity index is 2.26. The SMILES string of the molecule is CC(CN(C)CC1CCC(=O)N1)C(=O)O. The van der Waals surface area contributed by atoms with Gasteiger partial charge >= 0.3 is 5.97 Å². The van der Waals surface area contributed by atoms with Gasteiger partial charge in [0, 0.05) is 25.6 Å². The first kappa shape index (κ1) is 12.0. The van der Waals surface area contributed by atoms with Crippen LogP contribution in [-0.2, 0) is 9.59 Å². The summed E-state index contributed by atoms with van der Waals surface area (Å²) in [4.78, 5) is 23.5. The second-order valence-electron chi connectivity index (χ2n) is 4.26. The highest BCUT2D eigenvalue weighted by Gasteiger charge is 2.23. The molecule has 1 fully saturated rings. The van der Waals surface area contributed by atoms with Gasteiger partial charge in [-0.1, -0.05) is 6.92 Å². The summed E-state index contributed by atoms with van der Waals surface area (Å²) in [5.74, 6) is -1.05. The summed E-state index contributed by atoms with van der Waals surface area (Å²) in [6.07, 6.45) is 1.44. The maximum atomic E-state index is 10.9. The van der Waals surface area contributed by atoms with E-state index in [1.54, 1.807) is 6.92 Å². The van der Waals surface area contributed by atoms with Crippen molar-refractivity contribution < 1.29 is 14.7 Å². The smallest absolute Gasteiger partial charge is 0.307 e. The predicted molar refractivity (Wildman–Crippen MR) is 55.5 cm³/mol. The fourth-order valence-corrected chi connectivity index (χ4v) is 1.81. The highest BCUT2D eigenvalue weighted by atomic mass is 16.4. The lowest BCUT2D eigenvalue weighted by Gasteiger charge is -2.22. The summed E-state index contributed by atoms with van der Waals surface area (Å²) in [6.45, 7) is 2.93. The van der Waals surface area contributed by atoms with Gasteiger partial charge in [-0.15, -0.1) is 0 Å². The lowest BCUT2D eigenvalue weighted by atomic mass is 10.1. The van der Waals surface area contributed by atoms with Gasteiger partial charge in [0.1, 0.15) is 0 Å². The van der Waals surface area contributed by atoms with E-state index in [2.05, 4.69) is 5.32 Å². The molecule has 0 aromatic heterocycles. The van der Waals surface area contributed by atoms with Crippen molar-refractivity contribution in [3.63, 3.8) is 0 Å². The van der Waals surface area contributed by atoms with E-state index in [9.17, 15) is 9.59 Å². The van der Waals surface area contributed by atoms with E-state index in [1.807, 2.05) is 11.9 Å². The number of amides is 1. The second-order valence-corrected chi connectivity index (χ2v) is 4.26. The van der Waals surface area contributed by atoms with E-state index >= 15 is 0 Å². The Bertz CT molecular complexity index is 255. The molecule has 1 heterocycles. The van der Waals surface area contributed by atoms with Gasteiger partial charge in [0.25, 0.3) is 0 Å². The molecule has 2 atom stereocenters. The zero-order chi connectivity index (χ0) is 11.4. The standard InChI is InChI=1S/C10H18N2O3/c1-7(10(14)15)5-12(2)6-8-3-4-9(13)11-8/h7-8H,3-6H2,1-2H3,(H,11,13)(H,14,15). The summed E-state index contributed by atoms with van der Waals surface area (Å²) in [5.41, 5.74) is 0. The molecule has 2 unspecified atom stereocenters. The molecule has 86 valence electrons. The van der Waals surface area contributed by atoms with E-state index in [0.717, 1.165) is 13.0 Å². The van der Waals surface area contributed by atoms with Gasteiger partial charge in [-0.2, -0.15) is 0 Å². The molecule has 15 heavy (non-hydrogen) atoms. The highest BCUT2D eigenvalue weighted by Crippen LogP contribution is 2.08. The van der Waals surface area contributed by atoms with Crippen molar-refractivity contribution in [3.8, 4) is 0 Å². The van der Waals surface area contributed by atoms with Crippen LogP contribution >= 0.6 is 0 Å². The summed E-state index contributed by atoms with van der Waals surface area (Å²) in [5, 5.41) is 11.6. The molecular weight excluding hydrogens is 196 g/mol. The summed E-state index contributed by atoms with van der Waals surface area (Å²) < 4.78 is 0. The number of carbonyl (C=O) groups is 2. The lowest BCUT2D eigenvalue weighted by molar-refractivity contribution is -0.141. The predicted octanol–water partition coefficient (Wildman–Crippen LogP) is -0.0825. The Morgan fingerprint density at radius 3 is 2.87 bits per heavy atom. The number of carboxylic acids is 1. The lowest BCUT2D eigenvalue weighted by Crippen LogP contribution is -2.39. The number of hydrogen-bond acceptors (Lipinski definition) is 3. The Hall–Kier alpha value is -1.10. The quantitative estimate of drug-likeness (QED) is 0.671. The monoisotopic (exact) mass is 214 g/mol. The van der Waals surface area contributed by atoms with Crippen LogP contribution in [0.25, 0.3) is 0 Å². The van der Waals surface area contributed by atoms with Crippen LogP contribution in [-0.4, -0.2) is 48.1 Å². The maximum Gasteiger partial charge on any atom is 0.307 e. The molecule has 0 bridgehead atoms. The minimum atomic E-state index is -0.780. The van der Waals surface area contributed by atoms with Crippen molar-refractivity contribution in [2.24, 2.45) is 5.92 Å². The van der Waals surface area contributed by atoms with Gasteiger partial charge in [0.15, 0.2) is 0 Å². The molecule has 5 heteroatoms. The van der Waals surface area contributed by atoms with Crippen molar-refractivity contribution in [3.05, 3.63) is 0 Å². The van der Waals surface area contributed by atoms with Crippen molar-refractivity contribution in [2.75, 3.05) is 20.1 Å². The van der Waals surface area contributed by atoms with Crippen LogP contribution in [0.4, 0.5) is 0 Å². The van der Waals surface area contributed by atoms with Gasteiger partial charge in [-0.05, 0) is 13.5 Å². The highest BCUT2D eigenvalue weighted by molar-refractivity contribution is 5.78. The van der Waals surface area contributed by atoms with E-state index in [-0.39, 0.29) is 17.9 Å². The largest absolute Gasteiger partial charge is 0.481 e. The van der Waals surface area contributed by atoms with Gasteiger partial charge in [0.2, 0.25) is 5.91 Å². The average molecular weight is 214 g/mol. The van der Waals surface area contributed by atoms with E-state index < -0.39 is 5.97 Å². The number of carboxylic acid groups (broad SMARTS) is 1. The Kier molecular flexibility index (Phi) is 4.08. The normalized spacial score (nSPS) is 22.9. The van der Waals surface area contributed by atoms with Crippen LogP contribution in [0.15, 0.2) is 0 Å². The molecule has 5 nitrogen and oxygen atoms in total. The van der Waals surface area contributed by atoms with Gasteiger partial charge < -0.3 is 15.3 Å². The molecule has 0 aromatic rings. The third-order valence-corrected chi connectivity index (χ3v) is 2.62. The molecule has 1 rings (SSSR count). The van der Waals surface area contributed by atoms with Crippen molar-refractivity contribution in [1.29, 1.82) is 0 Å². The molecule has 1 aliphatic heterocycles. The number of nitrogens with one attached hydrogen (secondary N) is 1. The molecule has 0 aromatic carbocycles. The van der Waals surface area contributed by atoms with Crippen molar-refractivity contribution >= 4 is 11.9 Å².